The van der Waals surface area contributed by atoms with Gasteiger partial charge in [0.15, 0.2) is 6.10 Å². The van der Waals surface area contributed by atoms with Gasteiger partial charge in [0.2, 0.25) is 17.8 Å². The molecule has 10 heteroatoms. The minimum Gasteiger partial charge on any atom is -0.478 e. The van der Waals surface area contributed by atoms with E-state index in [0.29, 0.717) is 11.1 Å². The molecule has 3 atom stereocenters. The standard InChI is InChI=1S/C27H30N2O8/c1-16(30)28-21-19(29-26(34)37-27(2,3)4)15-20(35-23(21)24(31)32)25(33)36-22(17-11-7-5-8-12-17)18-13-9-6-10-14-18/h5-15,19,21-23H,1-4H3,(H,28,30)(H,29,34)(H,31,32)/t19-,21+,23+/m0/s1. The first-order valence-corrected chi connectivity index (χ1v) is 11.6. The summed E-state index contributed by atoms with van der Waals surface area (Å²) in [6.45, 7) is 6.18. The molecule has 37 heavy (non-hydrogen) atoms. The Kier molecular flexibility index (Phi) is 8.54. The van der Waals surface area contributed by atoms with E-state index >= 15 is 0 Å². The first kappa shape index (κ1) is 27.3. The van der Waals surface area contributed by atoms with E-state index in [1.54, 1.807) is 69.3 Å². The largest absolute Gasteiger partial charge is 0.478 e. The van der Waals surface area contributed by atoms with Gasteiger partial charge in [0.05, 0.1) is 6.04 Å². The number of rotatable bonds is 7. The van der Waals surface area contributed by atoms with Gasteiger partial charge >= 0.3 is 18.0 Å². The monoisotopic (exact) mass is 510 g/mol. The molecule has 10 nitrogen and oxygen atoms in total. The van der Waals surface area contributed by atoms with Gasteiger partial charge in [-0.3, -0.25) is 4.79 Å². The van der Waals surface area contributed by atoms with Crippen molar-refractivity contribution in [1.29, 1.82) is 0 Å². The van der Waals surface area contributed by atoms with E-state index in [1.165, 1.54) is 13.0 Å². The second-order valence-corrected chi connectivity index (χ2v) is 9.41. The van der Waals surface area contributed by atoms with Crippen molar-refractivity contribution in [2.24, 2.45) is 0 Å². The molecule has 0 fully saturated rings. The van der Waals surface area contributed by atoms with Gasteiger partial charge in [-0.25, -0.2) is 14.4 Å². The fourth-order valence-corrected chi connectivity index (χ4v) is 3.75. The molecular formula is C27H30N2O8. The third kappa shape index (κ3) is 7.57. The second kappa shape index (κ2) is 11.6. The molecule has 196 valence electrons. The fraction of sp³-hybridized carbons (Fsp3) is 0.333. The number of carboxylic acids is 1. The van der Waals surface area contributed by atoms with Crippen molar-refractivity contribution in [1.82, 2.24) is 10.6 Å². The van der Waals surface area contributed by atoms with Gasteiger partial charge in [-0.1, -0.05) is 60.7 Å². The lowest BCUT2D eigenvalue weighted by Gasteiger charge is -2.35. The normalized spacial score (nSPS) is 19.2. The maximum atomic E-state index is 13.3. The van der Waals surface area contributed by atoms with Crippen LogP contribution in [0.1, 0.15) is 44.9 Å². The molecule has 2 aromatic carbocycles. The van der Waals surface area contributed by atoms with Crippen LogP contribution in [-0.2, 0) is 28.6 Å². The number of aliphatic carboxylic acids is 1. The molecule has 1 heterocycles. The summed E-state index contributed by atoms with van der Waals surface area (Å²) in [6, 6.07) is 15.6. The molecular weight excluding hydrogens is 480 g/mol. The Morgan fingerprint density at radius 2 is 1.46 bits per heavy atom. The summed E-state index contributed by atoms with van der Waals surface area (Å²) in [5, 5.41) is 14.8. The average Bonchev–Trinajstić information content (AvgIpc) is 2.82. The van der Waals surface area contributed by atoms with Gasteiger partial charge < -0.3 is 30.0 Å². The number of carbonyl (C=O) groups is 4. The number of hydrogen-bond donors (Lipinski definition) is 3. The van der Waals surface area contributed by atoms with Crippen LogP contribution in [-0.4, -0.2) is 52.8 Å². The summed E-state index contributed by atoms with van der Waals surface area (Å²) >= 11 is 0. The molecule has 1 aliphatic rings. The fourth-order valence-electron chi connectivity index (χ4n) is 3.75. The number of benzene rings is 2. The third-order valence-electron chi connectivity index (χ3n) is 5.23. The lowest BCUT2D eigenvalue weighted by atomic mass is 9.97. The van der Waals surface area contributed by atoms with Crippen LogP contribution in [0.4, 0.5) is 4.79 Å². The predicted molar refractivity (Wildman–Crippen MR) is 132 cm³/mol. The highest BCUT2D eigenvalue weighted by molar-refractivity contribution is 5.89. The quantitative estimate of drug-likeness (QED) is 0.483. The molecule has 0 bridgehead atoms. The maximum absolute atomic E-state index is 13.3. The summed E-state index contributed by atoms with van der Waals surface area (Å²) in [5.41, 5.74) is 0.537. The Hall–Kier alpha value is -4.34. The summed E-state index contributed by atoms with van der Waals surface area (Å²) < 4.78 is 16.5. The van der Waals surface area contributed by atoms with Crippen molar-refractivity contribution in [3.05, 3.63) is 83.6 Å². The van der Waals surface area contributed by atoms with Gasteiger partial charge in [0.1, 0.15) is 11.6 Å². The second-order valence-electron chi connectivity index (χ2n) is 9.41. The maximum Gasteiger partial charge on any atom is 0.408 e. The van der Waals surface area contributed by atoms with Gasteiger partial charge in [-0.15, -0.1) is 0 Å². The lowest BCUT2D eigenvalue weighted by Crippen LogP contribution is -2.61. The number of amides is 2. The number of carboxylic acid groups (broad SMARTS) is 1. The van der Waals surface area contributed by atoms with Crippen LogP contribution in [0.25, 0.3) is 0 Å². The van der Waals surface area contributed by atoms with E-state index in [9.17, 15) is 24.3 Å². The van der Waals surface area contributed by atoms with E-state index < -0.39 is 59.6 Å². The zero-order chi connectivity index (χ0) is 27.2. The molecule has 0 saturated carbocycles. The number of alkyl carbamates (subject to hydrolysis) is 1. The molecule has 3 N–H and O–H groups in total. The highest BCUT2D eigenvalue weighted by Gasteiger charge is 2.43. The SMILES string of the molecule is CC(=O)N[C@@H]1[C@@H](NC(=O)OC(C)(C)C)C=C(C(=O)OC(c2ccccc2)c2ccccc2)O[C@H]1C(=O)O. The van der Waals surface area contributed by atoms with Crippen LogP contribution in [0.5, 0.6) is 0 Å². The Balaban J connectivity index is 1.95. The van der Waals surface area contributed by atoms with Gasteiger partial charge in [0, 0.05) is 6.92 Å². The smallest absolute Gasteiger partial charge is 0.408 e. The number of esters is 1. The molecule has 0 aromatic heterocycles. The molecule has 3 rings (SSSR count). The first-order valence-electron chi connectivity index (χ1n) is 11.6. The van der Waals surface area contributed by atoms with Gasteiger partial charge in [-0.2, -0.15) is 0 Å². The highest BCUT2D eigenvalue weighted by Crippen LogP contribution is 2.29. The summed E-state index contributed by atoms with van der Waals surface area (Å²) in [5.74, 6) is -3.37. The van der Waals surface area contributed by atoms with Crippen LogP contribution in [0.15, 0.2) is 72.5 Å². The van der Waals surface area contributed by atoms with E-state index in [4.69, 9.17) is 14.2 Å². The van der Waals surface area contributed by atoms with Crippen LogP contribution in [0.3, 0.4) is 0 Å². The Bertz CT molecular complexity index is 1120. The third-order valence-corrected chi connectivity index (χ3v) is 5.23. The minimum absolute atomic E-state index is 0.424. The molecule has 0 unspecified atom stereocenters. The van der Waals surface area contributed by atoms with Crippen molar-refractivity contribution < 1.29 is 38.5 Å². The minimum atomic E-state index is -1.69. The van der Waals surface area contributed by atoms with Crippen molar-refractivity contribution in [3.8, 4) is 0 Å². The number of ether oxygens (including phenoxy) is 3. The van der Waals surface area contributed by atoms with Gasteiger partial charge in [-0.05, 0) is 38.0 Å². The molecule has 1 aliphatic heterocycles. The predicted octanol–water partition coefficient (Wildman–Crippen LogP) is 3.08. The zero-order valence-corrected chi connectivity index (χ0v) is 21.0. The van der Waals surface area contributed by atoms with Crippen molar-refractivity contribution in [3.63, 3.8) is 0 Å². The van der Waals surface area contributed by atoms with E-state index in [1.807, 2.05) is 12.1 Å². The summed E-state index contributed by atoms with van der Waals surface area (Å²) in [4.78, 5) is 49.6. The Labute approximate surface area is 214 Å². The molecule has 0 aliphatic carbocycles. The molecule has 2 amide bonds. The van der Waals surface area contributed by atoms with Crippen LogP contribution >= 0.6 is 0 Å². The van der Waals surface area contributed by atoms with E-state index in [2.05, 4.69) is 10.6 Å². The van der Waals surface area contributed by atoms with E-state index in [-0.39, 0.29) is 0 Å². The topological polar surface area (TPSA) is 140 Å². The van der Waals surface area contributed by atoms with Crippen molar-refractivity contribution >= 4 is 23.9 Å². The number of nitrogens with one attached hydrogen (secondary N) is 2. The highest BCUT2D eigenvalue weighted by atomic mass is 16.6. The van der Waals surface area contributed by atoms with E-state index in [0.717, 1.165) is 0 Å². The number of hydrogen-bond acceptors (Lipinski definition) is 7. The van der Waals surface area contributed by atoms with Crippen molar-refractivity contribution in [2.75, 3.05) is 0 Å². The molecule has 2 aromatic rings. The van der Waals surface area contributed by atoms with Crippen LogP contribution < -0.4 is 10.6 Å². The zero-order valence-electron chi connectivity index (χ0n) is 21.0. The van der Waals surface area contributed by atoms with Gasteiger partial charge in [0.25, 0.3) is 0 Å². The van der Waals surface area contributed by atoms with Crippen LogP contribution in [0, 0.1) is 0 Å². The first-order chi connectivity index (χ1) is 17.4. The Morgan fingerprint density at radius 1 is 0.919 bits per heavy atom. The number of carbonyl (C=O) groups excluding carboxylic acids is 3. The average molecular weight is 511 g/mol. The summed E-state index contributed by atoms with van der Waals surface area (Å²) in [6.07, 6.45) is -2.16. The molecule has 0 radical (unpaired) electrons. The van der Waals surface area contributed by atoms with Crippen LogP contribution in [0.2, 0.25) is 0 Å². The lowest BCUT2D eigenvalue weighted by molar-refractivity contribution is -0.157. The molecule has 0 spiro atoms. The van der Waals surface area contributed by atoms with Crippen molar-refractivity contribution in [2.45, 2.75) is 57.6 Å². The summed E-state index contributed by atoms with van der Waals surface area (Å²) in [7, 11) is 0. The Morgan fingerprint density at radius 3 is 1.92 bits per heavy atom. The molecule has 0 saturated heterocycles.